The molecule has 0 aliphatic carbocycles. The van der Waals surface area contributed by atoms with Gasteiger partial charge in [-0.25, -0.2) is 15.0 Å². The normalized spacial score (nSPS) is 11.3. The second-order valence-electron chi connectivity index (χ2n) is 13.6. The quantitative estimate of drug-likeness (QED) is 0.165. The van der Waals surface area contributed by atoms with Gasteiger partial charge in [0.05, 0.1) is 0 Å². The Balaban J connectivity index is 1.08. The summed E-state index contributed by atoms with van der Waals surface area (Å²) in [6, 6.07) is 70.5. The highest BCUT2D eigenvalue weighted by Gasteiger charge is 2.18. The summed E-state index contributed by atoms with van der Waals surface area (Å²) in [6.07, 6.45) is 0. The van der Waals surface area contributed by atoms with Gasteiger partial charge in [-0.3, -0.25) is 0 Å². The molecule has 2 heterocycles. The lowest BCUT2D eigenvalue weighted by Gasteiger charge is -2.12. The molecule has 0 saturated carbocycles. The molecule has 2 aromatic heterocycles. The van der Waals surface area contributed by atoms with E-state index < -0.39 is 0 Å². The van der Waals surface area contributed by atoms with Gasteiger partial charge in [-0.2, -0.15) is 0 Å². The Bertz CT molecular complexity index is 2940. The van der Waals surface area contributed by atoms with E-state index in [1.807, 2.05) is 18.2 Å². The minimum Gasteiger partial charge on any atom is -0.208 e. The lowest BCUT2D eigenvalue weighted by Crippen LogP contribution is -2.00. The summed E-state index contributed by atoms with van der Waals surface area (Å²) in [5, 5.41) is 2.36. The van der Waals surface area contributed by atoms with Crippen LogP contribution in [0.15, 0.2) is 200 Å². The van der Waals surface area contributed by atoms with E-state index in [4.69, 9.17) is 15.0 Å². The van der Waals surface area contributed by atoms with E-state index in [0.717, 1.165) is 27.6 Å². The largest absolute Gasteiger partial charge is 0.208 e. The van der Waals surface area contributed by atoms with E-state index in [-0.39, 0.29) is 0 Å². The molecular formula is C51H33N3S. The molecule has 0 aliphatic rings. The van der Waals surface area contributed by atoms with Crippen LogP contribution in [0.25, 0.3) is 98.8 Å². The van der Waals surface area contributed by atoms with E-state index in [2.05, 4.69) is 182 Å². The molecule has 4 heteroatoms. The average molecular weight is 720 g/mol. The number of fused-ring (bicyclic) bond motifs is 3. The first kappa shape index (κ1) is 32.6. The number of thiophene rings is 1. The number of aromatic nitrogens is 3. The smallest absolute Gasteiger partial charge is 0.164 e. The monoisotopic (exact) mass is 719 g/mol. The van der Waals surface area contributed by atoms with E-state index in [9.17, 15) is 0 Å². The van der Waals surface area contributed by atoms with Gasteiger partial charge in [-0.1, -0.05) is 182 Å². The molecule has 0 bridgehead atoms. The van der Waals surface area contributed by atoms with Crippen molar-refractivity contribution < 1.29 is 0 Å². The molecule has 0 saturated heterocycles. The molecule has 258 valence electrons. The van der Waals surface area contributed by atoms with Gasteiger partial charge in [0.1, 0.15) is 0 Å². The number of hydrogen-bond acceptors (Lipinski definition) is 4. The minimum atomic E-state index is 0.641. The zero-order valence-electron chi connectivity index (χ0n) is 29.8. The maximum Gasteiger partial charge on any atom is 0.164 e. The Morgan fingerprint density at radius 3 is 1.33 bits per heavy atom. The van der Waals surface area contributed by atoms with Crippen LogP contribution in [0.4, 0.5) is 0 Å². The molecule has 0 aliphatic heterocycles. The lowest BCUT2D eigenvalue weighted by atomic mass is 9.94. The summed E-state index contributed by atoms with van der Waals surface area (Å²) in [5.41, 5.74) is 12.4. The maximum atomic E-state index is 5.20. The van der Waals surface area contributed by atoms with Crippen LogP contribution in [0.1, 0.15) is 0 Å². The van der Waals surface area contributed by atoms with Gasteiger partial charge < -0.3 is 0 Å². The van der Waals surface area contributed by atoms with Gasteiger partial charge in [-0.15, -0.1) is 11.3 Å². The Hall–Kier alpha value is -7.01. The first-order valence-corrected chi connectivity index (χ1v) is 19.3. The third-order valence-electron chi connectivity index (χ3n) is 10.2. The molecule has 55 heavy (non-hydrogen) atoms. The van der Waals surface area contributed by atoms with Crippen LogP contribution in [0.2, 0.25) is 0 Å². The van der Waals surface area contributed by atoms with Crippen molar-refractivity contribution in [1.82, 2.24) is 15.0 Å². The van der Waals surface area contributed by atoms with Gasteiger partial charge in [-0.05, 0) is 62.7 Å². The zero-order chi connectivity index (χ0) is 36.6. The summed E-state index contributed by atoms with van der Waals surface area (Å²) in [7, 11) is 0. The molecule has 0 unspecified atom stereocenters. The third-order valence-corrected chi connectivity index (χ3v) is 11.3. The molecule has 3 nitrogen and oxygen atoms in total. The van der Waals surface area contributed by atoms with Gasteiger partial charge in [0.25, 0.3) is 0 Å². The first-order valence-electron chi connectivity index (χ1n) is 18.4. The second-order valence-corrected chi connectivity index (χ2v) is 14.7. The second kappa shape index (κ2) is 14.1. The molecule has 0 atom stereocenters. The molecule has 0 fully saturated rings. The third kappa shape index (κ3) is 6.29. The van der Waals surface area contributed by atoms with Crippen LogP contribution in [0.3, 0.4) is 0 Å². The van der Waals surface area contributed by atoms with Crippen molar-refractivity contribution in [1.29, 1.82) is 0 Å². The van der Waals surface area contributed by atoms with E-state index in [1.54, 1.807) is 11.3 Å². The Morgan fingerprint density at radius 2 is 0.691 bits per heavy atom. The molecule has 8 aromatic carbocycles. The summed E-state index contributed by atoms with van der Waals surface area (Å²) < 4.78 is 2.43. The van der Waals surface area contributed by atoms with Crippen molar-refractivity contribution in [3.63, 3.8) is 0 Å². The van der Waals surface area contributed by atoms with Gasteiger partial charge in [0.15, 0.2) is 17.5 Å². The maximum absolute atomic E-state index is 5.20. The lowest BCUT2D eigenvalue weighted by molar-refractivity contribution is 1.08. The Labute approximate surface area is 323 Å². The number of hydrogen-bond donors (Lipinski definition) is 0. The highest BCUT2D eigenvalue weighted by molar-refractivity contribution is 7.26. The fourth-order valence-corrected chi connectivity index (χ4v) is 8.54. The van der Waals surface area contributed by atoms with Crippen LogP contribution >= 0.6 is 11.3 Å². The predicted molar refractivity (Wildman–Crippen MR) is 231 cm³/mol. The van der Waals surface area contributed by atoms with E-state index in [1.165, 1.54) is 53.7 Å². The van der Waals surface area contributed by atoms with Crippen LogP contribution in [-0.4, -0.2) is 15.0 Å². The molecule has 0 amide bonds. The Morgan fingerprint density at radius 1 is 0.273 bits per heavy atom. The van der Waals surface area contributed by atoms with E-state index >= 15 is 0 Å². The van der Waals surface area contributed by atoms with Crippen LogP contribution in [0.5, 0.6) is 0 Å². The standard InChI is InChI=1S/C51H33N3S/c1-4-13-34(14-5-1)35-23-25-36(26-24-35)41-31-32-46-45(33-41)48-44(21-12-22-47(48)55-46)51-53-49(39-17-8-3-9-18-39)52-50(54-51)40-29-27-38(28-30-40)43-20-11-10-19-42(43)37-15-6-2-7-16-37/h1-33H. The van der Waals surface area contributed by atoms with Crippen LogP contribution < -0.4 is 0 Å². The molecule has 10 rings (SSSR count). The van der Waals surface area contributed by atoms with Gasteiger partial charge in [0, 0.05) is 36.9 Å². The average Bonchev–Trinajstić information content (AvgIpc) is 3.66. The van der Waals surface area contributed by atoms with Crippen molar-refractivity contribution in [3.8, 4) is 78.7 Å². The fraction of sp³-hybridized carbons (Fsp3) is 0. The van der Waals surface area contributed by atoms with Crippen LogP contribution in [-0.2, 0) is 0 Å². The molecular weight excluding hydrogens is 687 g/mol. The summed E-state index contributed by atoms with van der Waals surface area (Å²) in [5.74, 6) is 1.95. The van der Waals surface area contributed by atoms with E-state index in [0.29, 0.717) is 17.5 Å². The predicted octanol–water partition coefficient (Wildman–Crippen LogP) is 13.9. The number of benzene rings is 8. The molecule has 0 radical (unpaired) electrons. The Kier molecular flexibility index (Phi) is 8.36. The van der Waals surface area contributed by atoms with Gasteiger partial charge >= 0.3 is 0 Å². The highest BCUT2D eigenvalue weighted by Crippen LogP contribution is 2.42. The first-order chi connectivity index (χ1) is 27.2. The minimum absolute atomic E-state index is 0.641. The summed E-state index contributed by atoms with van der Waals surface area (Å²) in [6.45, 7) is 0. The van der Waals surface area contributed by atoms with Gasteiger partial charge in [0.2, 0.25) is 0 Å². The number of rotatable bonds is 7. The summed E-state index contributed by atoms with van der Waals surface area (Å²) in [4.78, 5) is 15.4. The summed E-state index contributed by atoms with van der Waals surface area (Å²) >= 11 is 1.80. The van der Waals surface area contributed by atoms with Crippen molar-refractivity contribution in [2.24, 2.45) is 0 Å². The molecule has 0 N–H and O–H groups in total. The number of nitrogens with zero attached hydrogens (tertiary/aromatic N) is 3. The topological polar surface area (TPSA) is 38.7 Å². The SMILES string of the molecule is c1ccc(-c2ccc(-c3ccc4sc5cccc(-c6nc(-c7ccccc7)nc(-c7ccc(-c8ccccc8-c8ccccc8)cc7)n6)c5c4c3)cc2)cc1. The van der Waals surface area contributed by atoms with Crippen molar-refractivity contribution >= 4 is 31.5 Å². The van der Waals surface area contributed by atoms with Crippen molar-refractivity contribution in [3.05, 3.63) is 200 Å². The molecule has 10 aromatic rings. The van der Waals surface area contributed by atoms with Crippen molar-refractivity contribution in [2.75, 3.05) is 0 Å². The van der Waals surface area contributed by atoms with Crippen LogP contribution in [0, 0.1) is 0 Å². The van der Waals surface area contributed by atoms with Crippen molar-refractivity contribution in [2.45, 2.75) is 0 Å². The zero-order valence-corrected chi connectivity index (χ0v) is 30.6. The fourth-order valence-electron chi connectivity index (χ4n) is 7.42. The highest BCUT2D eigenvalue weighted by atomic mass is 32.1. The molecule has 0 spiro atoms.